The van der Waals surface area contributed by atoms with Crippen LogP contribution in [0.2, 0.25) is 0 Å². The molecule has 1 unspecified atom stereocenters. The van der Waals surface area contributed by atoms with Gasteiger partial charge in [0, 0.05) is 4.90 Å². The Hall–Kier alpha value is -1.40. The summed E-state index contributed by atoms with van der Waals surface area (Å²) in [6, 6.07) is 5.63. The average molecular weight is 254 g/mol. The highest BCUT2D eigenvalue weighted by Gasteiger charge is 2.16. The Morgan fingerprint density at radius 2 is 2.12 bits per heavy atom. The normalized spacial score (nSPS) is 15.2. The van der Waals surface area contributed by atoms with Crippen LogP contribution in [0.3, 0.4) is 0 Å². The average Bonchev–Trinajstić information content (AvgIpc) is 2.37. The highest BCUT2D eigenvalue weighted by Crippen LogP contribution is 2.35. The van der Waals surface area contributed by atoms with Gasteiger partial charge in [0.25, 0.3) is 0 Å². The van der Waals surface area contributed by atoms with Crippen molar-refractivity contribution >= 4 is 17.7 Å². The van der Waals surface area contributed by atoms with Crippen LogP contribution >= 0.6 is 11.8 Å². The molecule has 0 spiro atoms. The van der Waals surface area contributed by atoms with Crippen molar-refractivity contribution in [3.8, 4) is 11.5 Å². The molecule has 0 aromatic heterocycles. The molecule has 1 amide bonds. The Kier molecular flexibility index (Phi) is 3.75. The number of hydrazine groups is 1. The van der Waals surface area contributed by atoms with Gasteiger partial charge in [-0.3, -0.25) is 10.2 Å². The molecule has 17 heavy (non-hydrogen) atoms. The summed E-state index contributed by atoms with van der Waals surface area (Å²) >= 11 is 1.42. The predicted molar refractivity (Wildman–Crippen MR) is 65.1 cm³/mol. The molecule has 1 aliphatic rings. The van der Waals surface area contributed by atoms with Crippen LogP contribution in [0.25, 0.3) is 0 Å². The van der Waals surface area contributed by atoms with Gasteiger partial charge in [0.1, 0.15) is 13.2 Å². The van der Waals surface area contributed by atoms with E-state index in [2.05, 4.69) is 5.43 Å². The van der Waals surface area contributed by atoms with Gasteiger partial charge in [-0.05, 0) is 25.1 Å². The molecule has 0 bridgehead atoms. The zero-order chi connectivity index (χ0) is 12.3. The summed E-state index contributed by atoms with van der Waals surface area (Å²) in [5.74, 6) is 6.35. The third-order valence-corrected chi connectivity index (χ3v) is 3.43. The molecular weight excluding hydrogens is 240 g/mol. The van der Waals surface area contributed by atoms with E-state index >= 15 is 0 Å². The number of nitrogens with two attached hydrogens (primary N) is 1. The fraction of sp³-hybridized carbons (Fsp3) is 0.364. The minimum atomic E-state index is -0.248. The van der Waals surface area contributed by atoms with Gasteiger partial charge in [-0.2, -0.15) is 0 Å². The van der Waals surface area contributed by atoms with E-state index in [1.54, 1.807) is 6.92 Å². The van der Waals surface area contributed by atoms with E-state index in [0.717, 1.165) is 16.4 Å². The van der Waals surface area contributed by atoms with E-state index in [1.165, 1.54) is 11.8 Å². The molecule has 92 valence electrons. The number of carbonyl (C=O) groups excluding carboxylic acids is 1. The number of benzene rings is 1. The molecule has 2 rings (SSSR count). The number of thioether (sulfide) groups is 1. The van der Waals surface area contributed by atoms with E-state index in [9.17, 15) is 4.79 Å². The second-order valence-corrected chi connectivity index (χ2v) is 4.99. The molecule has 3 N–H and O–H groups in total. The standard InChI is InChI=1S/C11H14N2O3S/c1-7(11(14)13-12)17-8-2-3-9-10(6-8)16-5-4-15-9/h2-3,6-7H,4-5,12H2,1H3,(H,13,14). The topological polar surface area (TPSA) is 73.6 Å². The van der Waals surface area contributed by atoms with Crippen molar-refractivity contribution < 1.29 is 14.3 Å². The lowest BCUT2D eigenvalue weighted by Crippen LogP contribution is -2.36. The molecule has 0 saturated carbocycles. The number of rotatable bonds is 3. The zero-order valence-electron chi connectivity index (χ0n) is 9.43. The highest BCUT2D eigenvalue weighted by atomic mass is 32.2. The summed E-state index contributed by atoms with van der Waals surface area (Å²) < 4.78 is 10.9. The number of ether oxygens (including phenoxy) is 2. The Bertz CT molecular complexity index is 425. The maximum Gasteiger partial charge on any atom is 0.247 e. The van der Waals surface area contributed by atoms with Crippen LogP contribution in [-0.2, 0) is 4.79 Å². The first-order valence-corrected chi connectivity index (χ1v) is 6.15. The number of nitrogens with one attached hydrogen (secondary N) is 1. The second kappa shape index (κ2) is 5.29. The van der Waals surface area contributed by atoms with Crippen LogP contribution in [0.1, 0.15) is 6.92 Å². The molecule has 1 aromatic rings. The summed E-state index contributed by atoms with van der Waals surface area (Å²) in [7, 11) is 0. The van der Waals surface area contributed by atoms with Crippen LogP contribution in [0, 0.1) is 0 Å². The van der Waals surface area contributed by atoms with Gasteiger partial charge in [-0.25, -0.2) is 5.84 Å². The van der Waals surface area contributed by atoms with Crippen molar-refractivity contribution in [1.82, 2.24) is 5.43 Å². The first kappa shape index (κ1) is 12.1. The summed E-state index contributed by atoms with van der Waals surface area (Å²) in [6.45, 7) is 2.93. The Morgan fingerprint density at radius 3 is 2.82 bits per heavy atom. The van der Waals surface area contributed by atoms with Gasteiger partial charge in [-0.1, -0.05) is 0 Å². The molecule has 1 heterocycles. The van der Waals surface area contributed by atoms with Crippen molar-refractivity contribution in [1.29, 1.82) is 0 Å². The van der Waals surface area contributed by atoms with Gasteiger partial charge >= 0.3 is 0 Å². The lowest BCUT2D eigenvalue weighted by Gasteiger charge is -2.19. The lowest BCUT2D eigenvalue weighted by molar-refractivity contribution is -0.120. The Labute approximate surface area is 104 Å². The summed E-state index contributed by atoms with van der Waals surface area (Å²) in [6.07, 6.45) is 0. The molecular formula is C11H14N2O3S. The van der Waals surface area contributed by atoms with Crippen molar-refractivity contribution in [2.24, 2.45) is 5.84 Å². The van der Waals surface area contributed by atoms with Crippen LogP contribution in [0.15, 0.2) is 23.1 Å². The second-order valence-electron chi connectivity index (χ2n) is 3.57. The Morgan fingerprint density at radius 1 is 1.41 bits per heavy atom. The van der Waals surface area contributed by atoms with E-state index in [0.29, 0.717) is 13.2 Å². The molecule has 0 saturated heterocycles. The number of carbonyl (C=O) groups is 1. The summed E-state index contributed by atoms with van der Waals surface area (Å²) in [5.41, 5.74) is 2.13. The minimum Gasteiger partial charge on any atom is -0.486 e. The largest absolute Gasteiger partial charge is 0.486 e. The van der Waals surface area contributed by atoms with Gasteiger partial charge in [0.15, 0.2) is 11.5 Å². The third-order valence-electron chi connectivity index (χ3n) is 2.34. The number of hydrogen-bond donors (Lipinski definition) is 2. The fourth-order valence-corrected chi connectivity index (χ4v) is 2.38. The van der Waals surface area contributed by atoms with Gasteiger partial charge in [0.2, 0.25) is 5.91 Å². The minimum absolute atomic E-state index is 0.204. The van der Waals surface area contributed by atoms with E-state index < -0.39 is 0 Å². The Balaban J connectivity index is 2.09. The maximum absolute atomic E-state index is 11.3. The molecule has 1 aliphatic heterocycles. The predicted octanol–water partition coefficient (Wildman–Crippen LogP) is 0.928. The van der Waals surface area contributed by atoms with E-state index in [4.69, 9.17) is 15.3 Å². The van der Waals surface area contributed by atoms with Crippen LogP contribution in [0.5, 0.6) is 11.5 Å². The van der Waals surface area contributed by atoms with Crippen molar-refractivity contribution in [3.05, 3.63) is 18.2 Å². The van der Waals surface area contributed by atoms with Gasteiger partial charge in [0.05, 0.1) is 5.25 Å². The summed E-state index contributed by atoms with van der Waals surface area (Å²) in [5, 5.41) is -0.248. The third kappa shape index (κ3) is 2.83. The SMILES string of the molecule is CC(Sc1ccc2c(c1)OCCO2)C(=O)NN. The summed E-state index contributed by atoms with van der Waals surface area (Å²) in [4.78, 5) is 12.2. The zero-order valence-corrected chi connectivity index (χ0v) is 10.3. The van der Waals surface area contributed by atoms with Crippen LogP contribution in [0.4, 0.5) is 0 Å². The van der Waals surface area contributed by atoms with Crippen molar-refractivity contribution in [2.45, 2.75) is 17.1 Å². The quantitative estimate of drug-likeness (QED) is 0.363. The molecule has 1 atom stereocenters. The molecule has 5 nitrogen and oxygen atoms in total. The van der Waals surface area contributed by atoms with Crippen LogP contribution < -0.4 is 20.7 Å². The lowest BCUT2D eigenvalue weighted by atomic mass is 10.3. The highest BCUT2D eigenvalue weighted by molar-refractivity contribution is 8.00. The van der Waals surface area contributed by atoms with Gasteiger partial charge < -0.3 is 9.47 Å². The smallest absolute Gasteiger partial charge is 0.247 e. The van der Waals surface area contributed by atoms with Crippen molar-refractivity contribution in [3.63, 3.8) is 0 Å². The van der Waals surface area contributed by atoms with Crippen molar-refractivity contribution in [2.75, 3.05) is 13.2 Å². The molecule has 0 aliphatic carbocycles. The maximum atomic E-state index is 11.3. The molecule has 1 aromatic carbocycles. The van der Waals surface area contributed by atoms with Gasteiger partial charge in [-0.15, -0.1) is 11.8 Å². The number of fused-ring (bicyclic) bond motifs is 1. The first-order chi connectivity index (χ1) is 8.20. The van der Waals surface area contributed by atoms with E-state index in [1.807, 2.05) is 18.2 Å². The molecule has 6 heteroatoms. The molecule has 0 fully saturated rings. The van der Waals surface area contributed by atoms with Crippen LogP contribution in [-0.4, -0.2) is 24.4 Å². The number of hydrogen-bond acceptors (Lipinski definition) is 5. The monoisotopic (exact) mass is 254 g/mol. The molecule has 0 radical (unpaired) electrons. The number of amides is 1. The fourth-order valence-electron chi connectivity index (χ4n) is 1.47. The van der Waals surface area contributed by atoms with E-state index in [-0.39, 0.29) is 11.2 Å². The first-order valence-electron chi connectivity index (χ1n) is 5.27.